The van der Waals surface area contributed by atoms with Crippen LogP contribution in [-0.4, -0.2) is 29.9 Å². The summed E-state index contributed by atoms with van der Waals surface area (Å²) in [5.74, 6) is 0.117. The second-order valence-electron chi connectivity index (χ2n) is 6.13. The first kappa shape index (κ1) is 18.5. The number of rotatable bonds is 5. The SMILES string of the molecule is O=C(Nc1cc(Cl)ccc1Cl)NC(CN1CCCC1=O)c1ccccc1. The summed E-state index contributed by atoms with van der Waals surface area (Å²) in [4.78, 5) is 26.2. The average molecular weight is 392 g/mol. The molecule has 1 aliphatic rings. The first-order chi connectivity index (χ1) is 12.5. The maximum absolute atomic E-state index is 12.5. The van der Waals surface area contributed by atoms with Crippen LogP contribution in [0.4, 0.5) is 10.5 Å². The van der Waals surface area contributed by atoms with Crippen molar-refractivity contribution in [1.82, 2.24) is 10.2 Å². The van der Waals surface area contributed by atoms with E-state index in [1.165, 1.54) is 0 Å². The minimum Gasteiger partial charge on any atom is -0.340 e. The predicted molar refractivity (Wildman–Crippen MR) is 104 cm³/mol. The van der Waals surface area contributed by atoms with E-state index in [1.807, 2.05) is 30.3 Å². The van der Waals surface area contributed by atoms with Gasteiger partial charge in [0.1, 0.15) is 0 Å². The van der Waals surface area contributed by atoms with E-state index in [4.69, 9.17) is 23.2 Å². The Hall–Kier alpha value is -2.24. The van der Waals surface area contributed by atoms with E-state index in [0.29, 0.717) is 35.2 Å². The van der Waals surface area contributed by atoms with E-state index < -0.39 is 6.03 Å². The molecule has 1 unspecified atom stereocenters. The molecule has 0 bridgehead atoms. The third-order valence-corrected chi connectivity index (χ3v) is 4.82. The molecule has 7 heteroatoms. The van der Waals surface area contributed by atoms with E-state index >= 15 is 0 Å². The molecule has 2 N–H and O–H groups in total. The Morgan fingerprint density at radius 1 is 1.15 bits per heavy atom. The molecule has 2 aromatic rings. The number of carbonyl (C=O) groups excluding carboxylic acids is 2. The fourth-order valence-electron chi connectivity index (χ4n) is 2.95. The van der Waals surface area contributed by atoms with Crippen LogP contribution in [0.15, 0.2) is 48.5 Å². The molecule has 0 aliphatic carbocycles. The van der Waals surface area contributed by atoms with Gasteiger partial charge in [-0.05, 0) is 30.2 Å². The molecule has 1 fully saturated rings. The first-order valence-electron chi connectivity index (χ1n) is 8.38. The number of hydrogen-bond acceptors (Lipinski definition) is 2. The normalized spacial score (nSPS) is 15.0. The monoisotopic (exact) mass is 391 g/mol. The average Bonchev–Trinajstić information content (AvgIpc) is 3.03. The van der Waals surface area contributed by atoms with E-state index in [9.17, 15) is 9.59 Å². The van der Waals surface area contributed by atoms with Gasteiger partial charge in [0.2, 0.25) is 5.91 Å². The Bertz CT molecular complexity index is 799. The number of nitrogens with one attached hydrogen (secondary N) is 2. The lowest BCUT2D eigenvalue weighted by Crippen LogP contribution is -2.40. The largest absolute Gasteiger partial charge is 0.340 e. The van der Waals surface area contributed by atoms with E-state index in [1.54, 1.807) is 23.1 Å². The summed E-state index contributed by atoms with van der Waals surface area (Å²) in [6.07, 6.45) is 1.41. The van der Waals surface area contributed by atoms with E-state index in [2.05, 4.69) is 10.6 Å². The second-order valence-corrected chi connectivity index (χ2v) is 6.97. The van der Waals surface area contributed by atoms with Crippen molar-refractivity contribution in [3.8, 4) is 0 Å². The molecule has 1 atom stereocenters. The number of urea groups is 1. The summed E-state index contributed by atoms with van der Waals surface area (Å²) < 4.78 is 0. The molecule has 1 heterocycles. The number of likely N-dealkylation sites (tertiary alicyclic amines) is 1. The number of hydrogen-bond donors (Lipinski definition) is 2. The number of anilines is 1. The Morgan fingerprint density at radius 2 is 1.92 bits per heavy atom. The van der Waals surface area contributed by atoms with Gasteiger partial charge in [-0.15, -0.1) is 0 Å². The zero-order valence-corrected chi connectivity index (χ0v) is 15.6. The molecule has 3 amide bonds. The van der Waals surface area contributed by atoms with Crippen molar-refractivity contribution in [3.63, 3.8) is 0 Å². The Kier molecular flexibility index (Phi) is 6.01. The highest BCUT2D eigenvalue weighted by molar-refractivity contribution is 6.35. The third-order valence-electron chi connectivity index (χ3n) is 4.26. The first-order valence-corrected chi connectivity index (χ1v) is 9.14. The Balaban J connectivity index is 1.73. The summed E-state index contributed by atoms with van der Waals surface area (Å²) in [6, 6.07) is 13.7. The number of nitrogens with zero attached hydrogens (tertiary/aromatic N) is 1. The zero-order valence-electron chi connectivity index (χ0n) is 14.0. The molecule has 26 heavy (non-hydrogen) atoms. The molecular weight excluding hydrogens is 373 g/mol. The minimum absolute atomic E-state index is 0.117. The maximum atomic E-state index is 12.5. The van der Waals surface area contributed by atoms with Crippen LogP contribution in [0.1, 0.15) is 24.4 Å². The van der Waals surface area contributed by atoms with Crippen LogP contribution in [0.2, 0.25) is 10.0 Å². The van der Waals surface area contributed by atoms with Crippen LogP contribution in [0.5, 0.6) is 0 Å². The highest BCUT2D eigenvalue weighted by Gasteiger charge is 2.25. The summed E-state index contributed by atoms with van der Waals surface area (Å²) in [7, 11) is 0. The van der Waals surface area contributed by atoms with Gasteiger partial charge in [-0.3, -0.25) is 4.79 Å². The second kappa shape index (κ2) is 8.43. The molecule has 1 saturated heterocycles. The third kappa shape index (κ3) is 4.68. The number of amides is 3. The van der Waals surface area contributed by atoms with Crippen molar-refractivity contribution in [1.29, 1.82) is 0 Å². The van der Waals surface area contributed by atoms with Crippen molar-refractivity contribution in [3.05, 3.63) is 64.1 Å². The van der Waals surface area contributed by atoms with Crippen molar-refractivity contribution < 1.29 is 9.59 Å². The highest BCUT2D eigenvalue weighted by atomic mass is 35.5. The van der Waals surface area contributed by atoms with Crippen LogP contribution < -0.4 is 10.6 Å². The fraction of sp³-hybridized carbons (Fsp3) is 0.263. The molecule has 2 aromatic carbocycles. The number of benzene rings is 2. The van der Waals surface area contributed by atoms with Gasteiger partial charge in [-0.1, -0.05) is 53.5 Å². The van der Waals surface area contributed by atoms with Crippen LogP contribution >= 0.6 is 23.2 Å². The van der Waals surface area contributed by atoms with Crippen LogP contribution in [0.25, 0.3) is 0 Å². The van der Waals surface area contributed by atoms with Crippen LogP contribution in [-0.2, 0) is 4.79 Å². The predicted octanol–water partition coefficient (Wildman–Crippen LogP) is 4.48. The standard InChI is InChI=1S/C19H19Cl2N3O2/c20-14-8-9-15(21)16(11-14)22-19(26)23-17(13-5-2-1-3-6-13)12-24-10-4-7-18(24)25/h1-3,5-6,8-9,11,17H,4,7,10,12H2,(H2,22,23,26). The molecule has 0 radical (unpaired) electrons. The van der Waals surface area contributed by atoms with Gasteiger partial charge in [-0.2, -0.15) is 0 Å². The quantitative estimate of drug-likeness (QED) is 0.788. The lowest BCUT2D eigenvalue weighted by atomic mass is 10.1. The topological polar surface area (TPSA) is 61.4 Å². The van der Waals surface area contributed by atoms with Crippen LogP contribution in [0, 0.1) is 0 Å². The molecular formula is C19H19Cl2N3O2. The van der Waals surface area contributed by atoms with Crippen molar-refractivity contribution >= 4 is 40.8 Å². The van der Waals surface area contributed by atoms with E-state index in [0.717, 1.165) is 12.0 Å². The molecule has 0 saturated carbocycles. The molecule has 0 spiro atoms. The number of carbonyl (C=O) groups is 2. The van der Waals surface area contributed by atoms with Crippen molar-refractivity contribution in [2.75, 3.05) is 18.4 Å². The zero-order chi connectivity index (χ0) is 18.5. The van der Waals surface area contributed by atoms with Gasteiger partial charge in [-0.25, -0.2) is 4.79 Å². The lowest BCUT2D eigenvalue weighted by Gasteiger charge is -2.25. The summed E-state index contributed by atoms with van der Waals surface area (Å²) in [5.41, 5.74) is 1.36. The summed E-state index contributed by atoms with van der Waals surface area (Å²) >= 11 is 12.1. The highest BCUT2D eigenvalue weighted by Crippen LogP contribution is 2.25. The van der Waals surface area contributed by atoms with Crippen LogP contribution in [0.3, 0.4) is 0 Å². The lowest BCUT2D eigenvalue weighted by molar-refractivity contribution is -0.128. The van der Waals surface area contributed by atoms with Gasteiger partial charge >= 0.3 is 6.03 Å². The molecule has 0 aromatic heterocycles. The summed E-state index contributed by atoms with van der Waals surface area (Å²) in [6.45, 7) is 1.14. The number of halogens is 2. The minimum atomic E-state index is -0.408. The molecule has 3 rings (SSSR count). The van der Waals surface area contributed by atoms with E-state index in [-0.39, 0.29) is 11.9 Å². The van der Waals surface area contributed by atoms with Gasteiger partial charge in [0.15, 0.2) is 0 Å². The Morgan fingerprint density at radius 3 is 2.62 bits per heavy atom. The van der Waals surface area contributed by atoms with Gasteiger partial charge in [0.05, 0.1) is 16.8 Å². The van der Waals surface area contributed by atoms with Gasteiger partial charge < -0.3 is 15.5 Å². The van der Waals surface area contributed by atoms with Crippen molar-refractivity contribution in [2.24, 2.45) is 0 Å². The summed E-state index contributed by atoms with van der Waals surface area (Å²) in [5, 5.41) is 6.53. The maximum Gasteiger partial charge on any atom is 0.319 e. The Labute approximate surface area is 162 Å². The van der Waals surface area contributed by atoms with Crippen molar-refractivity contribution in [2.45, 2.75) is 18.9 Å². The molecule has 136 valence electrons. The molecule has 1 aliphatic heterocycles. The van der Waals surface area contributed by atoms with Gasteiger partial charge in [0, 0.05) is 24.5 Å². The molecule has 5 nitrogen and oxygen atoms in total. The van der Waals surface area contributed by atoms with Gasteiger partial charge in [0.25, 0.3) is 0 Å². The smallest absolute Gasteiger partial charge is 0.319 e. The fourth-order valence-corrected chi connectivity index (χ4v) is 3.28.